The maximum atomic E-state index is 12.9. The van der Waals surface area contributed by atoms with Crippen molar-refractivity contribution in [1.82, 2.24) is 4.72 Å². The highest BCUT2D eigenvalue weighted by molar-refractivity contribution is 7.89. The van der Waals surface area contributed by atoms with Crippen molar-refractivity contribution in [1.29, 1.82) is 0 Å². The van der Waals surface area contributed by atoms with Crippen LogP contribution in [0.2, 0.25) is 0 Å². The zero-order chi connectivity index (χ0) is 20.2. The Morgan fingerprint density at radius 1 is 1.07 bits per heavy atom. The number of methoxy groups -OCH3 is 1. The first kappa shape index (κ1) is 21.3. The van der Waals surface area contributed by atoms with Crippen molar-refractivity contribution < 1.29 is 17.9 Å². The molecule has 0 fully saturated rings. The van der Waals surface area contributed by atoms with Crippen LogP contribution in [0.25, 0.3) is 0 Å². The van der Waals surface area contributed by atoms with Gasteiger partial charge < -0.3 is 9.47 Å². The molecule has 0 aromatic heterocycles. The zero-order valence-corrected chi connectivity index (χ0v) is 17.7. The van der Waals surface area contributed by atoms with Crippen LogP contribution >= 0.6 is 0 Å². The monoisotopic (exact) mass is 391 g/mol. The topological polar surface area (TPSA) is 64.6 Å². The van der Waals surface area contributed by atoms with Crippen LogP contribution < -0.4 is 14.2 Å². The molecule has 0 saturated heterocycles. The molecule has 0 spiro atoms. The Morgan fingerprint density at radius 2 is 1.78 bits per heavy atom. The van der Waals surface area contributed by atoms with Crippen LogP contribution in [0.15, 0.2) is 41.3 Å². The SMILES string of the molecule is COc1cc(C)c(S(=O)(=O)NCc2cccc(OC(C)C)c2)cc1C(C)C. The van der Waals surface area contributed by atoms with Crippen LogP contribution in [0.3, 0.4) is 0 Å². The molecule has 2 aromatic carbocycles. The van der Waals surface area contributed by atoms with E-state index in [1.165, 1.54) is 0 Å². The number of rotatable bonds is 8. The summed E-state index contributed by atoms with van der Waals surface area (Å²) < 4.78 is 39.5. The molecule has 0 amide bonds. The summed E-state index contributed by atoms with van der Waals surface area (Å²) in [6.45, 7) is 9.90. The highest BCUT2D eigenvalue weighted by Crippen LogP contribution is 2.31. The molecule has 1 N–H and O–H groups in total. The molecule has 0 aliphatic heterocycles. The van der Waals surface area contributed by atoms with Gasteiger partial charge in [0.2, 0.25) is 10.0 Å². The molecule has 5 nitrogen and oxygen atoms in total. The summed E-state index contributed by atoms with van der Waals surface area (Å²) in [5, 5.41) is 0. The van der Waals surface area contributed by atoms with Crippen LogP contribution in [-0.2, 0) is 16.6 Å². The summed E-state index contributed by atoms with van der Waals surface area (Å²) >= 11 is 0. The van der Waals surface area contributed by atoms with Crippen LogP contribution in [0.4, 0.5) is 0 Å². The number of hydrogen-bond donors (Lipinski definition) is 1. The molecule has 0 saturated carbocycles. The Balaban J connectivity index is 2.26. The van der Waals surface area contributed by atoms with E-state index >= 15 is 0 Å². The summed E-state index contributed by atoms with van der Waals surface area (Å²) in [7, 11) is -2.06. The maximum Gasteiger partial charge on any atom is 0.241 e. The first-order valence-corrected chi connectivity index (χ1v) is 10.6. The van der Waals surface area contributed by atoms with E-state index in [0.29, 0.717) is 11.3 Å². The van der Waals surface area contributed by atoms with Gasteiger partial charge in [-0.2, -0.15) is 0 Å². The molecule has 0 bridgehead atoms. The number of sulfonamides is 1. The number of aryl methyl sites for hydroxylation is 1. The van der Waals surface area contributed by atoms with Crippen molar-refractivity contribution in [3.05, 3.63) is 53.1 Å². The second-order valence-corrected chi connectivity index (χ2v) is 8.89. The molecule has 0 aliphatic carbocycles. The Morgan fingerprint density at radius 3 is 2.37 bits per heavy atom. The second kappa shape index (κ2) is 8.76. The molecule has 0 heterocycles. The molecule has 0 unspecified atom stereocenters. The normalized spacial score (nSPS) is 11.9. The highest BCUT2D eigenvalue weighted by atomic mass is 32.2. The average molecular weight is 392 g/mol. The second-order valence-electron chi connectivity index (χ2n) is 7.15. The van der Waals surface area contributed by atoms with E-state index in [9.17, 15) is 8.42 Å². The number of hydrogen-bond acceptors (Lipinski definition) is 4. The van der Waals surface area contributed by atoms with Gasteiger partial charge in [0, 0.05) is 6.54 Å². The number of ether oxygens (including phenoxy) is 2. The van der Waals surface area contributed by atoms with Gasteiger partial charge in [0.1, 0.15) is 11.5 Å². The van der Waals surface area contributed by atoms with Crippen LogP contribution in [0, 0.1) is 6.92 Å². The highest BCUT2D eigenvalue weighted by Gasteiger charge is 2.20. The molecule has 148 valence electrons. The Labute approximate surface area is 162 Å². The summed E-state index contributed by atoms with van der Waals surface area (Å²) in [6, 6.07) is 10.9. The van der Waals surface area contributed by atoms with Gasteiger partial charge in [-0.15, -0.1) is 0 Å². The molecule has 2 rings (SSSR count). The van der Waals surface area contributed by atoms with Gasteiger partial charge in [0.05, 0.1) is 18.1 Å². The molecule has 2 aromatic rings. The lowest BCUT2D eigenvalue weighted by Gasteiger charge is -2.17. The lowest BCUT2D eigenvalue weighted by Crippen LogP contribution is -2.24. The fraction of sp³-hybridized carbons (Fsp3) is 0.429. The number of benzene rings is 2. The van der Waals surface area contributed by atoms with E-state index in [1.54, 1.807) is 26.2 Å². The third kappa shape index (κ3) is 5.47. The van der Waals surface area contributed by atoms with Gasteiger partial charge in [-0.3, -0.25) is 0 Å². The van der Waals surface area contributed by atoms with Crippen molar-refractivity contribution >= 4 is 10.0 Å². The van der Waals surface area contributed by atoms with Gasteiger partial charge in [-0.1, -0.05) is 26.0 Å². The van der Waals surface area contributed by atoms with E-state index < -0.39 is 10.0 Å². The van der Waals surface area contributed by atoms with Gasteiger partial charge in [0.15, 0.2) is 0 Å². The summed E-state index contributed by atoms with van der Waals surface area (Å²) in [4.78, 5) is 0.279. The van der Waals surface area contributed by atoms with Crippen molar-refractivity contribution in [2.24, 2.45) is 0 Å². The van der Waals surface area contributed by atoms with Gasteiger partial charge in [-0.25, -0.2) is 13.1 Å². The largest absolute Gasteiger partial charge is 0.496 e. The number of nitrogens with one attached hydrogen (secondary N) is 1. The van der Waals surface area contributed by atoms with E-state index in [-0.39, 0.29) is 23.5 Å². The van der Waals surface area contributed by atoms with Crippen molar-refractivity contribution in [3.8, 4) is 11.5 Å². The van der Waals surface area contributed by atoms with E-state index in [4.69, 9.17) is 9.47 Å². The lowest BCUT2D eigenvalue weighted by molar-refractivity contribution is 0.242. The minimum atomic E-state index is -3.65. The summed E-state index contributed by atoms with van der Waals surface area (Å²) in [6.07, 6.45) is 0.0633. The third-order valence-electron chi connectivity index (χ3n) is 4.18. The summed E-state index contributed by atoms with van der Waals surface area (Å²) in [5.41, 5.74) is 2.36. The Hall–Kier alpha value is -2.05. The van der Waals surface area contributed by atoms with E-state index in [1.807, 2.05) is 52.0 Å². The summed E-state index contributed by atoms with van der Waals surface area (Å²) in [5.74, 6) is 1.59. The third-order valence-corrected chi connectivity index (χ3v) is 5.72. The minimum absolute atomic E-state index is 0.0633. The van der Waals surface area contributed by atoms with Gasteiger partial charge in [0.25, 0.3) is 0 Å². The molecule has 0 radical (unpaired) electrons. The molecule has 0 atom stereocenters. The standard InChI is InChI=1S/C21H29NO4S/c1-14(2)19-12-21(16(5)10-20(19)25-6)27(23,24)22-13-17-8-7-9-18(11-17)26-15(3)4/h7-12,14-15,22H,13H2,1-6H3. The predicted molar refractivity (Wildman–Crippen MR) is 108 cm³/mol. The van der Waals surface area contributed by atoms with Crippen LogP contribution in [0.5, 0.6) is 11.5 Å². The average Bonchev–Trinajstić information content (AvgIpc) is 2.59. The Bertz CT molecular complexity index is 889. The predicted octanol–water partition coefficient (Wildman–Crippen LogP) is 4.39. The lowest BCUT2D eigenvalue weighted by atomic mass is 10.0. The molecule has 0 aliphatic rings. The Kier molecular flexibility index (Phi) is 6.89. The van der Waals surface area contributed by atoms with Crippen LogP contribution in [-0.4, -0.2) is 21.6 Å². The fourth-order valence-corrected chi connectivity index (χ4v) is 4.13. The van der Waals surface area contributed by atoms with Crippen LogP contribution in [0.1, 0.15) is 50.3 Å². The smallest absolute Gasteiger partial charge is 0.241 e. The van der Waals surface area contributed by atoms with E-state index in [2.05, 4.69) is 4.72 Å². The quantitative estimate of drug-likeness (QED) is 0.725. The molecule has 6 heteroatoms. The minimum Gasteiger partial charge on any atom is -0.496 e. The molecular formula is C21H29NO4S. The molecular weight excluding hydrogens is 362 g/mol. The van der Waals surface area contributed by atoms with Gasteiger partial charge >= 0.3 is 0 Å². The first-order chi connectivity index (χ1) is 12.6. The van der Waals surface area contributed by atoms with Crippen molar-refractivity contribution in [2.75, 3.05) is 7.11 Å². The van der Waals surface area contributed by atoms with Gasteiger partial charge in [-0.05, 0) is 67.6 Å². The molecule has 27 heavy (non-hydrogen) atoms. The van der Waals surface area contributed by atoms with Crippen molar-refractivity contribution in [2.45, 2.75) is 58.1 Å². The van der Waals surface area contributed by atoms with Crippen molar-refractivity contribution in [3.63, 3.8) is 0 Å². The maximum absolute atomic E-state index is 12.9. The van der Waals surface area contributed by atoms with E-state index in [0.717, 1.165) is 16.9 Å². The zero-order valence-electron chi connectivity index (χ0n) is 16.9. The first-order valence-electron chi connectivity index (χ1n) is 9.08. The fourth-order valence-electron chi connectivity index (χ4n) is 2.85.